The quantitative estimate of drug-likeness (QED) is 0.305. The van der Waals surface area contributed by atoms with Gasteiger partial charge in [-0.3, -0.25) is 20.6 Å². The molecular formula is C25H26N6O2S. The van der Waals surface area contributed by atoms with Crippen molar-refractivity contribution in [2.24, 2.45) is 0 Å². The number of carbonyl (C=O) groups excluding carboxylic acids is 1. The summed E-state index contributed by atoms with van der Waals surface area (Å²) in [5, 5.41) is 20.7. The monoisotopic (exact) mass is 474 g/mol. The lowest BCUT2D eigenvalue weighted by molar-refractivity contribution is 0.102. The van der Waals surface area contributed by atoms with Crippen molar-refractivity contribution in [1.82, 2.24) is 15.1 Å². The smallest absolute Gasteiger partial charge is 0.259 e. The number of amides is 1. The Bertz CT molecular complexity index is 1300. The van der Waals surface area contributed by atoms with Crippen LogP contribution < -0.4 is 15.7 Å². The first-order valence-corrected chi connectivity index (χ1v) is 11.9. The lowest BCUT2D eigenvalue weighted by Crippen LogP contribution is -2.44. The minimum absolute atomic E-state index is 0.339. The van der Waals surface area contributed by atoms with Gasteiger partial charge in [-0.1, -0.05) is 30.0 Å². The van der Waals surface area contributed by atoms with Crippen molar-refractivity contribution >= 4 is 45.8 Å². The minimum atomic E-state index is -0.351. The average Bonchev–Trinajstić information content (AvgIpc) is 3.26. The van der Waals surface area contributed by atoms with Crippen molar-refractivity contribution in [3.8, 4) is 0 Å². The molecule has 8 nitrogen and oxygen atoms in total. The van der Waals surface area contributed by atoms with Gasteiger partial charge >= 0.3 is 0 Å². The highest BCUT2D eigenvalue weighted by Crippen LogP contribution is 2.32. The number of nitrogens with one attached hydrogen (secondary N) is 3. The van der Waals surface area contributed by atoms with Crippen LogP contribution in [0.25, 0.3) is 10.9 Å². The van der Waals surface area contributed by atoms with Gasteiger partial charge in [0, 0.05) is 47.0 Å². The van der Waals surface area contributed by atoms with Gasteiger partial charge in [0.25, 0.3) is 5.91 Å². The van der Waals surface area contributed by atoms with Gasteiger partial charge in [-0.15, -0.1) is 0 Å². The molecule has 1 aliphatic rings. The summed E-state index contributed by atoms with van der Waals surface area (Å²) in [5.74, 6) is 0.0959. The van der Waals surface area contributed by atoms with Gasteiger partial charge in [0.15, 0.2) is 5.82 Å². The number of aromatic amines is 1. The van der Waals surface area contributed by atoms with Crippen LogP contribution in [0.4, 0.5) is 17.2 Å². The summed E-state index contributed by atoms with van der Waals surface area (Å²) in [5.41, 5.74) is 4.68. The number of benzene rings is 3. The Morgan fingerprint density at radius 3 is 2.56 bits per heavy atom. The van der Waals surface area contributed by atoms with Gasteiger partial charge in [-0.2, -0.15) is 5.10 Å². The second kappa shape index (κ2) is 9.76. The predicted molar refractivity (Wildman–Crippen MR) is 136 cm³/mol. The topological polar surface area (TPSA) is 96.5 Å². The summed E-state index contributed by atoms with van der Waals surface area (Å²) >= 11 is 1.65. The maximum atomic E-state index is 13.1. The van der Waals surface area contributed by atoms with Crippen molar-refractivity contribution in [1.29, 1.82) is 0 Å². The largest absolute Gasteiger partial charge is 0.369 e. The number of hydrogen-bond acceptors (Lipinski definition) is 7. The fourth-order valence-corrected chi connectivity index (χ4v) is 4.91. The number of anilines is 3. The summed E-state index contributed by atoms with van der Waals surface area (Å²) in [4.78, 5) is 19.8. The highest BCUT2D eigenvalue weighted by Gasteiger charge is 2.19. The molecule has 1 saturated heterocycles. The van der Waals surface area contributed by atoms with Crippen LogP contribution in [0, 0.1) is 0 Å². The van der Waals surface area contributed by atoms with Crippen LogP contribution in [0.15, 0.2) is 76.5 Å². The molecule has 0 spiro atoms. The molecule has 1 aromatic heterocycles. The molecule has 4 N–H and O–H groups in total. The third-order valence-corrected chi connectivity index (χ3v) is 6.98. The number of nitrogens with zero attached hydrogens (tertiary/aromatic N) is 3. The Morgan fingerprint density at radius 1 is 1.00 bits per heavy atom. The van der Waals surface area contributed by atoms with E-state index in [1.54, 1.807) is 23.9 Å². The Morgan fingerprint density at radius 2 is 1.79 bits per heavy atom. The molecule has 1 aliphatic heterocycles. The second-order valence-corrected chi connectivity index (χ2v) is 9.43. The van der Waals surface area contributed by atoms with Crippen molar-refractivity contribution in [2.75, 3.05) is 48.9 Å². The van der Waals surface area contributed by atoms with E-state index in [1.165, 1.54) is 0 Å². The molecule has 0 radical (unpaired) electrons. The second-order valence-electron chi connectivity index (χ2n) is 8.28. The zero-order chi connectivity index (χ0) is 23.5. The zero-order valence-electron chi connectivity index (χ0n) is 18.8. The standard InChI is InChI=1S/C25H26N6O2S/c1-30-11-13-31(14-12-30)17-7-9-20(23(15-17)29-33)25(32)26-24-21-16-19(8-10-22(21)27-28-24)34-18-5-3-2-4-6-18/h2-10,15-16,29,33H,11-14H2,1H3,(H2,26,27,28,32). The lowest BCUT2D eigenvalue weighted by atomic mass is 10.1. The Balaban J connectivity index is 1.36. The molecule has 4 aromatic rings. The molecule has 2 heterocycles. The first kappa shape index (κ1) is 22.3. The molecule has 34 heavy (non-hydrogen) atoms. The number of fused-ring (bicyclic) bond motifs is 1. The molecule has 5 rings (SSSR count). The molecule has 0 atom stereocenters. The molecule has 9 heteroatoms. The number of rotatable bonds is 6. The van der Waals surface area contributed by atoms with Crippen LogP contribution in [0.2, 0.25) is 0 Å². The van der Waals surface area contributed by atoms with Crippen molar-refractivity contribution < 1.29 is 10.0 Å². The molecule has 174 valence electrons. The van der Waals surface area contributed by atoms with Crippen LogP contribution in [0.5, 0.6) is 0 Å². The number of piperazine rings is 1. The maximum absolute atomic E-state index is 13.1. The van der Waals surface area contributed by atoms with Gasteiger partial charge in [0.1, 0.15) is 0 Å². The number of likely N-dealkylation sites (N-methyl/N-ethyl adjacent to an activating group) is 1. The van der Waals surface area contributed by atoms with E-state index in [9.17, 15) is 10.0 Å². The minimum Gasteiger partial charge on any atom is -0.369 e. The highest BCUT2D eigenvalue weighted by molar-refractivity contribution is 7.99. The van der Waals surface area contributed by atoms with E-state index in [0.717, 1.165) is 52.6 Å². The fraction of sp³-hybridized carbons (Fsp3) is 0.200. The first-order valence-electron chi connectivity index (χ1n) is 11.1. The van der Waals surface area contributed by atoms with Crippen molar-refractivity contribution in [3.63, 3.8) is 0 Å². The predicted octanol–water partition coefficient (Wildman–Crippen LogP) is 4.52. The molecule has 1 amide bonds. The van der Waals surface area contributed by atoms with Gasteiger partial charge in [-0.05, 0) is 55.6 Å². The fourth-order valence-electron chi connectivity index (χ4n) is 4.04. The molecular weight excluding hydrogens is 448 g/mol. The zero-order valence-corrected chi connectivity index (χ0v) is 19.6. The summed E-state index contributed by atoms with van der Waals surface area (Å²) in [7, 11) is 2.10. The first-order chi connectivity index (χ1) is 16.6. The lowest BCUT2D eigenvalue weighted by Gasteiger charge is -2.34. The summed E-state index contributed by atoms with van der Waals surface area (Å²) in [6, 6.07) is 21.5. The van der Waals surface area contributed by atoms with E-state index in [0.29, 0.717) is 17.1 Å². The van der Waals surface area contributed by atoms with Crippen LogP contribution >= 0.6 is 11.8 Å². The van der Waals surface area contributed by atoms with Gasteiger partial charge in [0.05, 0.1) is 16.8 Å². The Hall–Kier alpha value is -3.53. The van der Waals surface area contributed by atoms with Crippen LogP contribution in [-0.2, 0) is 0 Å². The summed E-state index contributed by atoms with van der Waals surface area (Å²) in [6.45, 7) is 3.74. The van der Waals surface area contributed by atoms with E-state index in [1.807, 2.05) is 42.5 Å². The third-order valence-electron chi connectivity index (χ3n) is 5.98. The van der Waals surface area contributed by atoms with Crippen LogP contribution in [0.1, 0.15) is 10.4 Å². The molecule has 0 aliphatic carbocycles. The summed E-state index contributed by atoms with van der Waals surface area (Å²) < 4.78 is 0. The highest BCUT2D eigenvalue weighted by atomic mass is 32.2. The number of hydrogen-bond donors (Lipinski definition) is 4. The SMILES string of the molecule is CN1CCN(c2ccc(C(=O)Nc3n[nH]c4ccc(Sc5ccccc5)cc34)c(NO)c2)CC1. The molecule has 0 unspecified atom stereocenters. The number of H-pyrrole nitrogens is 1. The maximum Gasteiger partial charge on any atom is 0.259 e. The molecule has 0 bridgehead atoms. The molecule has 0 saturated carbocycles. The van der Waals surface area contributed by atoms with Gasteiger partial charge < -0.3 is 15.1 Å². The Labute approximate surface area is 201 Å². The third kappa shape index (κ3) is 4.72. The van der Waals surface area contributed by atoms with E-state index >= 15 is 0 Å². The van der Waals surface area contributed by atoms with E-state index in [-0.39, 0.29) is 5.91 Å². The van der Waals surface area contributed by atoms with Crippen molar-refractivity contribution in [2.45, 2.75) is 9.79 Å². The molecule has 3 aromatic carbocycles. The van der Waals surface area contributed by atoms with Crippen LogP contribution in [-0.4, -0.2) is 59.4 Å². The number of carbonyl (C=O) groups is 1. The number of aromatic nitrogens is 2. The van der Waals surface area contributed by atoms with E-state index in [2.05, 4.69) is 50.0 Å². The molecule has 1 fully saturated rings. The van der Waals surface area contributed by atoms with E-state index < -0.39 is 0 Å². The van der Waals surface area contributed by atoms with Crippen LogP contribution in [0.3, 0.4) is 0 Å². The van der Waals surface area contributed by atoms with Crippen molar-refractivity contribution in [3.05, 3.63) is 72.3 Å². The normalized spacial score (nSPS) is 14.4. The van der Waals surface area contributed by atoms with Gasteiger partial charge in [-0.25, -0.2) is 0 Å². The van der Waals surface area contributed by atoms with Gasteiger partial charge in [0.2, 0.25) is 0 Å². The Kier molecular flexibility index (Phi) is 6.39. The average molecular weight is 475 g/mol. The summed E-state index contributed by atoms with van der Waals surface area (Å²) in [6.07, 6.45) is 0. The van der Waals surface area contributed by atoms with E-state index in [4.69, 9.17) is 0 Å².